The lowest BCUT2D eigenvalue weighted by Gasteiger charge is -2.06. The third kappa shape index (κ3) is 5.11. The summed E-state index contributed by atoms with van der Waals surface area (Å²) in [5.41, 5.74) is 3.71. The fraction of sp³-hybridized carbons (Fsp3) is 0.0800. The van der Waals surface area contributed by atoms with Crippen LogP contribution < -0.4 is 5.32 Å². The number of rotatable bonds is 6. The van der Waals surface area contributed by atoms with E-state index in [1.54, 1.807) is 18.2 Å². The zero-order valence-corrected chi connectivity index (χ0v) is 17.0. The Morgan fingerprint density at radius 3 is 2.42 bits per heavy atom. The van der Waals surface area contributed by atoms with Crippen molar-refractivity contribution in [3.63, 3.8) is 0 Å². The van der Waals surface area contributed by atoms with Crippen LogP contribution in [0.5, 0.6) is 0 Å². The average Bonchev–Trinajstić information content (AvgIpc) is 3.22. The SMILES string of the molecule is Cc1ccc(-c2nc(NCc3ccc(F)cc3)n(C(=O)C=Cc3ccccc3)n2)cc1. The van der Waals surface area contributed by atoms with Crippen molar-refractivity contribution in [3.05, 3.63) is 107 Å². The number of nitrogens with zero attached hydrogens (tertiary/aromatic N) is 3. The second-order valence-electron chi connectivity index (χ2n) is 7.10. The Labute approximate surface area is 179 Å². The Bertz CT molecular complexity index is 1200. The van der Waals surface area contributed by atoms with Crippen LogP contribution in [-0.4, -0.2) is 20.7 Å². The first-order valence-corrected chi connectivity index (χ1v) is 9.88. The van der Waals surface area contributed by atoms with Gasteiger partial charge in [-0.15, -0.1) is 5.10 Å². The van der Waals surface area contributed by atoms with Gasteiger partial charge >= 0.3 is 0 Å². The number of hydrogen-bond acceptors (Lipinski definition) is 4. The predicted octanol–water partition coefficient (Wildman–Crippen LogP) is 5.36. The van der Waals surface area contributed by atoms with E-state index in [0.717, 1.165) is 22.3 Å². The van der Waals surface area contributed by atoms with Crippen LogP contribution in [0.3, 0.4) is 0 Å². The van der Waals surface area contributed by atoms with Gasteiger partial charge in [0.2, 0.25) is 5.95 Å². The molecule has 0 aliphatic carbocycles. The summed E-state index contributed by atoms with van der Waals surface area (Å²) >= 11 is 0. The second kappa shape index (κ2) is 9.17. The molecular formula is C25H21FN4O. The maximum absolute atomic E-state index is 13.2. The highest BCUT2D eigenvalue weighted by Gasteiger charge is 2.15. The van der Waals surface area contributed by atoms with Gasteiger partial charge in [0.1, 0.15) is 5.82 Å². The molecule has 0 saturated heterocycles. The van der Waals surface area contributed by atoms with Crippen molar-refractivity contribution < 1.29 is 9.18 Å². The summed E-state index contributed by atoms with van der Waals surface area (Å²) in [6.07, 6.45) is 3.20. The number of nitrogens with one attached hydrogen (secondary N) is 1. The first-order chi connectivity index (χ1) is 15.1. The topological polar surface area (TPSA) is 59.8 Å². The van der Waals surface area contributed by atoms with Gasteiger partial charge in [-0.05, 0) is 36.3 Å². The van der Waals surface area contributed by atoms with Crippen molar-refractivity contribution in [1.82, 2.24) is 14.8 Å². The minimum Gasteiger partial charge on any atom is -0.350 e. The van der Waals surface area contributed by atoms with Gasteiger partial charge in [0.25, 0.3) is 5.91 Å². The first-order valence-electron chi connectivity index (χ1n) is 9.88. The van der Waals surface area contributed by atoms with Crippen LogP contribution in [0.15, 0.2) is 84.9 Å². The monoisotopic (exact) mass is 412 g/mol. The first kappa shape index (κ1) is 20.2. The zero-order valence-electron chi connectivity index (χ0n) is 17.0. The van der Waals surface area contributed by atoms with E-state index in [-0.39, 0.29) is 11.7 Å². The van der Waals surface area contributed by atoms with E-state index in [9.17, 15) is 9.18 Å². The lowest BCUT2D eigenvalue weighted by atomic mass is 10.1. The van der Waals surface area contributed by atoms with Gasteiger partial charge in [-0.1, -0.05) is 72.3 Å². The standard InChI is InChI=1S/C25H21FN4O/c1-18-7-12-21(13-8-18)24-28-25(27-17-20-9-14-22(26)15-10-20)30(29-24)23(31)16-11-19-5-3-2-4-6-19/h2-16H,17H2,1H3,(H,27,28,29). The molecule has 0 amide bonds. The number of allylic oxidation sites excluding steroid dienone is 1. The summed E-state index contributed by atoms with van der Waals surface area (Å²) in [5.74, 6) is 0.150. The van der Waals surface area contributed by atoms with Crippen LogP contribution in [-0.2, 0) is 6.54 Å². The Hall–Kier alpha value is -4.06. The lowest BCUT2D eigenvalue weighted by Crippen LogP contribution is -2.14. The van der Waals surface area contributed by atoms with Crippen LogP contribution in [0.2, 0.25) is 0 Å². The maximum atomic E-state index is 13.2. The summed E-state index contributed by atoms with van der Waals surface area (Å²) in [7, 11) is 0. The summed E-state index contributed by atoms with van der Waals surface area (Å²) in [5, 5.41) is 7.57. The molecule has 0 spiro atoms. The molecule has 154 valence electrons. The molecule has 0 fully saturated rings. The average molecular weight is 412 g/mol. The van der Waals surface area contributed by atoms with Gasteiger partial charge in [-0.25, -0.2) is 4.39 Å². The van der Waals surface area contributed by atoms with Gasteiger partial charge in [-0.3, -0.25) is 4.79 Å². The van der Waals surface area contributed by atoms with E-state index < -0.39 is 0 Å². The number of carbonyl (C=O) groups excluding carboxylic acids is 1. The Morgan fingerprint density at radius 1 is 1.00 bits per heavy atom. The minimum absolute atomic E-state index is 0.296. The van der Waals surface area contributed by atoms with Crippen molar-refractivity contribution in [2.45, 2.75) is 13.5 Å². The molecule has 0 unspecified atom stereocenters. The molecule has 0 saturated carbocycles. The number of aromatic nitrogens is 3. The Morgan fingerprint density at radius 2 is 1.71 bits per heavy atom. The predicted molar refractivity (Wildman–Crippen MR) is 120 cm³/mol. The quantitative estimate of drug-likeness (QED) is 0.433. The number of anilines is 1. The number of aryl methyl sites for hydroxylation is 1. The van der Waals surface area contributed by atoms with Crippen LogP contribution in [0.25, 0.3) is 17.5 Å². The van der Waals surface area contributed by atoms with Crippen LogP contribution in [0.1, 0.15) is 21.5 Å². The summed E-state index contributed by atoms with van der Waals surface area (Å²) in [4.78, 5) is 17.4. The smallest absolute Gasteiger partial charge is 0.274 e. The van der Waals surface area contributed by atoms with Gasteiger partial charge in [0.15, 0.2) is 5.82 Å². The molecule has 0 aliphatic rings. The number of hydrogen-bond donors (Lipinski definition) is 1. The van der Waals surface area contributed by atoms with E-state index in [4.69, 9.17) is 0 Å². The fourth-order valence-corrected chi connectivity index (χ4v) is 2.99. The summed E-state index contributed by atoms with van der Waals surface area (Å²) in [6, 6.07) is 23.5. The van der Waals surface area contributed by atoms with Gasteiger partial charge < -0.3 is 5.32 Å². The Balaban J connectivity index is 1.62. The molecule has 4 rings (SSSR count). The number of halogens is 1. The second-order valence-corrected chi connectivity index (χ2v) is 7.10. The molecule has 5 nitrogen and oxygen atoms in total. The van der Waals surface area contributed by atoms with Gasteiger partial charge in [0, 0.05) is 18.2 Å². The normalized spacial score (nSPS) is 11.0. The van der Waals surface area contributed by atoms with Crippen LogP contribution >= 0.6 is 0 Å². The highest BCUT2D eigenvalue weighted by Crippen LogP contribution is 2.19. The third-order valence-electron chi connectivity index (χ3n) is 4.71. The maximum Gasteiger partial charge on any atom is 0.274 e. The van der Waals surface area contributed by atoms with Gasteiger partial charge in [0.05, 0.1) is 0 Å². The number of carbonyl (C=O) groups is 1. The summed E-state index contributed by atoms with van der Waals surface area (Å²) < 4.78 is 14.4. The summed E-state index contributed by atoms with van der Waals surface area (Å²) in [6.45, 7) is 2.38. The third-order valence-corrected chi connectivity index (χ3v) is 4.71. The largest absolute Gasteiger partial charge is 0.350 e. The number of benzene rings is 3. The van der Waals surface area contributed by atoms with Crippen molar-refractivity contribution in [2.75, 3.05) is 5.32 Å². The van der Waals surface area contributed by atoms with E-state index in [0.29, 0.717) is 18.3 Å². The molecule has 1 aromatic heterocycles. The Kier molecular flexibility index (Phi) is 5.98. The molecule has 0 atom stereocenters. The molecule has 31 heavy (non-hydrogen) atoms. The molecule has 0 aliphatic heterocycles. The minimum atomic E-state index is -0.323. The molecule has 0 radical (unpaired) electrons. The van der Waals surface area contributed by atoms with E-state index in [1.807, 2.05) is 61.5 Å². The zero-order chi connectivity index (χ0) is 21.6. The molecular weight excluding hydrogens is 391 g/mol. The molecule has 1 N–H and O–H groups in total. The highest BCUT2D eigenvalue weighted by atomic mass is 19.1. The van der Waals surface area contributed by atoms with Crippen molar-refractivity contribution in [1.29, 1.82) is 0 Å². The van der Waals surface area contributed by atoms with Gasteiger partial charge in [-0.2, -0.15) is 9.67 Å². The van der Waals surface area contributed by atoms with E-state index in [2.05, 4.69) is 15.4 Å². The molecule has 1 heterocycles. The lowest BCUT2D eigenvalue weighted by molar-refractivity contribution is 0.0957. The molecule has 0 bridgehead atoms. The van der Waals surface area contributed by atoms with Crippen LogP contribution in [0.4, 0.5) is 10.3 Å². The highest BCUT2D eigenvalue weighted by molar-refractivity contribution is 5.94. The van der Waals surface area contributed by atoms with Crippen molar-refractivity contribution in [3.8, 4) is 11.4 Å². The molecule has 6 heteroatoms. The van der Waals surface area contributed by atoms with E-state index in [1.165, 1.54) is 22.9 Å². The van der Waals surface area contributed by atoms with Crippen molar-refractivity contribution >= 4 is 17.9 Å². The van der Waals surface area contributed by atoms with Crippen LogP contribution in [0, 0.1) is 12.7 Å². The fourth-order valence-electron chi connectivity index (χ4n) is 2.99. The van der Waals surface area contributed by atoms with Crippen molar-refractivity contribution in [2.24, 2.45) is 0 Å². The molecule has 3 aromatic carbocycles. The van der Waals surface area contributed by atoms with E-state index >= 15 is 0 Å². The molecule has 4 aromatic rings.